The molecular weight excluding hydrogens is 451 g/mol. The van der Waals surface area contributed by atoms with Crippen molar-refractivity contribution in [3.8, 4) is 0 Å². The van der Waals surface area contributed by atoms with Gasteiger partial charge in [0.2, 0.25) is 0 Å². The number of hydrogen-bond donors (Lipinski definition) is 5. The summed E-state index contributed by atoms with van der Waals surface area (Å²) in [5.41, 5.74) is -14.1. The summed E-state index contributed by atoms with van der Waals surface area (Å²) in [5.74, 6) is -1.82. The van der Waals surface area contributed by atoms with Crippen molar-refractivity contribution in [3.05, 3.63) is 0 Å². The second kappa shape index (κ2) is 8.89. The van der Waals surface area contributed by atoms with E-state index in [1.54, 1.807) is 13.8 Å². The molecule has 0 bridgehead atoms. The van der Waals surface area contributed by atoms with Gasteiger partial charge in [0, 0.05) is 12.5 Å². The van der Waals surface area contributed by atoms with Crippen molar-refractivity contribution in [2.45, 2.75) is 108 Å². The van der Waals surface area contributed by atoms with Gasteiger partial charge in [0.15, 0.2) is 12.6 Å². The Hall–Kier alpha value is 0.110. The van der Waals surface area contributed by atoms with Crippen LogP contribution in [0.25, 0.3) is 0 Å². The number of carbonyl (C=O) groups excluding carboxylic acids is 1. The average Bonchev–Trinajstić information content (AvgIpc) is 2.64. The number of aliphatic hydroxyl groups is 5. The maximum absolute atomic E-state index is 12.2. The largest absolute Gasteiger partial charge is 1.00 e. The Morgan fingerprint density at radius 3 is 1.85 bits per heavy atom. The number of aliphatic hydroxyl groups excluding tert-OH is 2. The molecule has 2 aliphatic heterocycles. The van der Waals surface area contributed by atoms with Crippen LogP contribution in [0.5, 0.6) is 0 Å². The monoisotopic (exact) mass is 488 g/mol. The fraction of sp³-hybridized carbons (Fsp3) is 0.952. The molecule has 2 saturated heterocycles. The summed E-state index contributed by atoms with van der Waals surface area (Å²) >= 11 is 0. The third-order valence-corrected chi connectivity index (χ3v) is 8.27. The van der Waals surface area contributed by atoms with E-state index in [9.17, 15) is 35.4 Å². The summed E-state index contributed by atoms with van der Waals surface area (Å²) in [6.45, 7) is 9.88. The van der Waals surface area contributed by atoms with Crippen molar-refractivity contribution in [1.29, 1.82) is 0 Å². The van der Waals surface area contributed by atoms with Gasteiger partial charge < -0.3 is 54.4 Å². The van der Waals surface area contributed by atoms with Crippen molar-refractivity contribution in [3.63, 3.8) is 0 Å². The number of rotatable bonds is 5. The Kier molecular flexibility index (Phi) is 8.39. The molecule has 0 radical (unpaired) electrons. The fourth-order valence-corrected chi connectivity index (χ4v) is 4.72. The summed E-state index contributed by atoms with van der Waals surface area (Å²) < 4.78 is 22.8. The van der Waals surface area contributed by atoms with E-state index in [0.717, 1.165) is 20.8 Å². The van der Waals surface area contributed by atoms with E-state index in [2.05, 4.69) is 0 Å². The number of methoxy groups -OCH3 is 1. The normalized spacial score (nSPS) is 52.1. The van der Waals surface area contributed by atoms with E-state index in [0.29, 0.717) is 0 Å². The first-order chi connectivity index (χ1) is 14.1. The number of ether oxygens (including phenoxy) is 4. The van der Waals surface area contributed by atoms with Gasteiger partial charge in [0.1, 0.15) is 39.7 Å². The van der Waals surface area contributed by atoms with Gasteiger partial charge in [-0.1, -0.05) is 13.8 Å². The van der Waals surface area contributed by atoms with Gasteiger partial charge in [-0.05, 0) is 41.5 Å². The van der Waals surface area contributed by atoms with Gasteiger partial charge in [0.05, 0.1) is 12.6 Å². The summed E-state index contributed by atoms with van der Waals surface area (Å²) in [4.78, 5) is 12.2. The van der Waals surface area contributed by atoms with Gasteiger partial charge in [-0.25, -0.2) is 0 Å². The summed E-state index contributed by atoms with van der Waals surface area (Å²) in [7, 11) is 1.35. The molecule has 188 valence electrons. The van der Waals surface area contributed by atoms with Gasteiger partial charge >= 0.3 is 29.6 Å². The Morgan fingerprint density at radius 1 is 0.970 bits per heavy atom. The maximum atomic E-state index is 12.2. The zero-order valence-electron chi connectivity index (χ0n) is 21.1. The molecule has 0 amide bonds. The number of carboxylic acids is 1. The first kappa shape index (κ1) is 31.1. The summed E-state index contributed by atoms with van der Waals surface area (Å²) in [6, 6.07) is 0. The molecule has 0 aromatic rings. The van der Waals surface area contributed by atoms with E-state index in [1.165, 1.54) is 27.9 Å². The molecule has 2 rings (SSSR count). The number of carbonyl (C=O) groups is 1. The quantitative estimate of drug-likeness (QED) is 0.234. The zero-order chi connectivity index (χ0) is 25.3. The van der Waals surface area contributed by atoms with Crippen molar-refractivity contribution in [2.75, 3.05) is 13.7 Å². The molecule has 5 N–H and O–H groups in total. The molecule has 0 aromatic carbocycles. The average molecular weight is 489 g/mol. The molecule has 0 aromatic heterocycles. The van der Waals surface area contributed by atoms with Crippen LogP contribution in [0.1, 0.15) is 55.4 Å². The predicted octanol–water partition coefficient (Wildman–Crippen LogP) is -4.98. The van der Waals surface area contributed by atoms with Crippen LogP contribution in [-0.4, -0.2) is 97.5 Å². The predicted molar refractivity (Wildman–Crippen MR) is 107 cm³/mol. The first-order valence-corrected chi connectivity index (χ1v) is 10.4. The number of carboxylic acid groups (broad SMARTS) is 1. The molecule has 2 fully saturated rings. The topological polar surface area (TPSA) is 178 Å². The Morgan fingerprint density at radius 2 is 1.45 bits per heavy atom. The van der Waals surface area contributed by atoms with E-state index in [4.69, 9.17) is 18.9 Å². The minimum absolute atomic E-state index is 0. The Labute approximate surface area is 216 Å². The molecular formula is C21H37NaO11. The number of aliphatic carboxylic acids is 1. The van der Waals surface area contributed by atoms with E-state index in [-0.39, 0.29) is 29.6 Å². The molecule has 12 heteroatoms. The van der Waals surface area contributed by atoms with Crippen LogP contribution in [0.2, 0.25) is 0 Å². The fourth-order valence-electron chi connectivity index (χ4n) is 4.72. The van der Waals surface area contributed by atoms with Gasteiger partial charge in [-0.2, -0.15) is 0 Å². The van der Waals surface area contributed by atoms with Crippen molar-refractivity contribution in [2.24, 2.45) is 5.41 Å². The molecule has 33 heavy (non-hydrogen) atoms. The summed E-state index contributed by atoms with van der Waals surface area (Å²) in [5, 5.41) is 66.1. The van der Waals surface area contributed by atoms with E-state index in [1.807, 2.05) is 0 Å². The molecule has 0 saturated carbocycles. The van der Waals surface area contributed by atoms with Crippen molar-refractivity contribution in [1.82, 2.24) is 0 Å². The van der Waals surface area contributed by atoms with E-state index < -0.39 is 70.3 Å². The van der Waals surface area contributed by atoms with Gasteiger partial charge in [-0.3, -0.25) is 0 Å². The smallest absolute Gasteiger partial charge is 0.547 e. The molecule has 2 aliphatic rings. The molecule has 0 spiro atoms. The SMILES string of the molecule is COC1C(C)(CO)OC(OC2(C)C(C)(C(=O)[O-])OC(O)C(C)(O)C2(C)O)C(C)(C)C1(C)O.[Na+]. The first-order valence-electron chi connectivity index (χ1n) is 10.4. The Bertz CT molecular complexity index is 754. The molecule has 0 aliphatic carbocycles. The minimum atomic E-state index is -2.48. The molecule has 11 nitrogen and oxygen atoms in total. The van der Waals surface area contributed by atoms with Crippen LogP contribution in [0.3, 0.4) is 0 Å². The number of hydrogen-bond acceptors (Lipinski definition) is 11. The second-order valence-electron chi connectivity index (χ2n) is 10.6. The third kappa shape index (κ3) is 3.93. The van der Waals surface area contributed by atoms with Crippen LogP contribution in [-0.2, 0) is 23.7 Å². The van der Waals surface area contributed by atoms with Crippen LogP contribution >= 0.6 is 0 Å². The molecule has 9 atom stereocenters. The maximum Gasteiger partial charge on any atom is 1.00 e. The van der Waals surface area contributed by atoms with Crippen molar-refractivity contribution >= 4 is 5.97 Å². The van der Waals surface area contributed by atoms with Crippen molar-refractivity contribution < 1.29 is 83.9 Å². The van der Waals surface area contributed by atoms with Gasteiger partial charge in [-0.15, -0.1) is 0 Å². The molecule has 2 heterocycles. The third-order valence-electron chi connectivity index (χ3n) is 8.27. The van der Waals surface area contributed by atoms with Gasteiger partial charge in [0.25, 0.3) is 0 Å². The van der Waals surface area contributed by atoms with E-state index >= 15 is 0 Å². The second-order valence-corrected chi connectivity index (χ2v) is 10.6. The van der Waals surface area contributed by atoms with Crippen LogP contribution in [0.4, 0.5) is 0 Å². The zero-order valence-corrected chi connectivity index (χ0v) is 23.1. The van der Waals surface area contributed by atoms with Crippen LogP contribution < -0.4 is 34.7 Å². The molecule has 9 unspecified atom stereocenters. The minimum Gasteiger partial charge on any atom is -0.547 e. The summed E-state index contributed by atoms with van der Waals surface area (Å²) in [6.07, 6.45) is -4.56. The van der Waals surface area contributed by atoms with Crippen LogP contribution in [0.15, 0.2) is 0 Å². The standard InChI is InChI=1S/C21H38O11.Na/c1-15(2)14(31-16(3,10-22)11(29-9)17(15,4)26)32-21(8)19(6,12(23)24)30-13(25)18(5,27)20(21,7)28;/h11,13-14,22,25-28H,10H2,1-9H3,(H,23,24);/q;+1/p-1. The van der Waals surface area contributed by atoms with Crippen LogP contribution in [0, 0.1) is 5.41 Å². The Balaban J connectivity index is 0.00000544.